The van der Waals surface area contributed by atoms with Crippen LogP contribution in [-0.4, -0.2) is 23.3 Å². The topological polar surface area (TPSA) is 80.3 Å². The van der Waals surface area contributed by atoms with E-state index in [1.165, 1.54) is 11.6 Å². The molecule has 0 amide bonds. The smallest absolute Gasteiger partial charge is 0.332 e. The molecule has 0 spiro atoms. The predicted octanol–water partition coefficient (Wildman–Crippen LogP) is 0.601. The van der Waals surface area contributed by atoms with Gasteiger partial charge < -0.3 is 9.64 Å². The molecule has 0 N–H and O–H groups in total. The molecule has 1 aromatic heterocycles. The molecule has 0 aliphatic rings. The van der Waals surface area contributed by atoms with Crippen molar-refractivity contribution < 1.29 is 4.74 Å². The first kappa shape index (κ1) is 16.4. The van der Waals surface area contributed by atoms with E-state index in [0.29, 0.717) is 18.1 Å². The Balaban J connectivity index is 2.51. The Hall–Kier alpha value is -3.01. The van der Waals surface area contributed by atoms with Crippen molar-refractivity contribution in [1.82, 2.24) is 9.13 Å². The summed E-state index contributed by atoms with van der Waals surface area (Å²) in [5, 5.41) is 9.31. The van der Waals surface area contributed by atoms with Crippen LogP contribution in [0.4, 0.5) is 5.82 Å². The van der Waals surface area contributed by atoms with Gasteiger partial charge in [-0.15, -0.1) is 0 Å². The van der Waals surface area contributed by atoms with Gasteiger partial charge in [-0.1, -0.05) is 12.1 Å². The fourth-order valence-electron chi connectivity index (χ4n) is 2.50. The molecule has 0 bridgehead atoms. The molecule has 2 rings (SSSR count). The Morgan fingerprint density at radius 2 is 1.96 bits per heavy atom. The van der Waals surface area contributed by atoms with Crippen LogP contribution in [0, 0.1) is 11.3 Å². The first-order chi connectivity index (χ1) is 10.9. The van der Waals surface area contributed by atoms with Crippen LogP contribution in [-0.2, 0) is 20.6 Å². The van der Waals surface area contributed by atoms with E-state index in [0.717, 1.165) is 10.1 Å². The molecule has 1 heterocycles. The SMILES string of the molecule is COc1cccc(CN(C)c2c(C#N)c(=O)n(C)c(=O)n2C)c1. The quantitative estimate of drug-likeness (QED) is 0.825. The van der Waals surface area contributed by atoms with E-state index >= 15 is 0 Å². The number of anilines is 1. The van der Waals surface area contributed by atoms with Gasteiger partial charge in [-0.05, 0) is 17.7 Å². The van der Waals surface area contributed by atoms with E-state index in [4.69, 9.17) is 4.74 Å². The van der Waals surface area contributed by atoms with Crippen molar-refractivity contribution in [3.63, 3.8) is 0 Å². The summed E-state index contributed by atoms with van der Waals surface area (Å²) in [5.74, 6) is 1.01. The van der Waals surface area contributed by atoms with Gasteiger partial charge in [0, 0.05) is 27.7 Å². The Morgan fingerprint density at radius 3 is 2.57 bits per heavy atom. The minimum atomic E-state index is -0.594. The van der Waals surface area contributed by atoms with Crippen LogP contribution in [0.3, 0.4) is 0 Å². The molecule has 7 heteroatoms. The summed E-state index contributed by atoms with van der Waals surface area (Å²) in [6.45, 7) is 0.423. The molecule has 23 heavy (non-hydrogen) atoms. The minimum Gasteiger partial charge on any atom is -0.497 e. The number of nitrogens with zero attached hydrogens (tertiary/aromatic N) is 4. The highest BCUT2D eigenvalue weighted by Gasteiger charge is 2.18. The number of aromatic nitrogens is 2. The van der Waals surface area contributed by atoms with Crippen molar-refractivity contribution in [3.8, 4) is 11.8 Å². The van der Waals surface area contributed by atoms with Crippen molar-refractivity contribution >= 4 is 5.82 Å². The molecule has 1 aromatic carbocycles. The highest BCUT2D eigenvalue weighted by molar-refractivity contribution is 5.53. The molecular weight excluding hydrogens is 296 g/mol. The van der Waals surface area contributed by atoms with E-state index in [2.05, 4.69) is 0 Å². The standard InChI is InChI=1S/C16H18N4O3/c1-18(10-11-6-5-7-12(8-11)23-4)14-13(9-17)15(21)20(3)16(22)19(14)2/h5-8H,10H2,1-4H3. The Kier molecular flexibility index (Phi) is 4.55. The zero-order valence-corrected chi connectivity index (χ0v) is 13.5. The van der Waals surface area contributed by atoms with Gasteiger partial charge in [-0.2, -0.15) is 5.26 Å². The summed E-state index contributed by atoms with van der Waals surface area (Å²) in [4.78, 5) is 25.9. The van der Waals surface area contributed by atoms with Gasteiger partial charge >= 0.3 is 5.69 Å². The summed E-state index contributed by atoms with van der Waals surface area (Å²) in [6, 6.07) is 9.36. The first-order valence-electron chi connectivity index (χ1n) is 6.95. The van der Waals surface area contributed by atoms with Crippen LogP contribution in [0.1, 0.15) is 11.1 Å². The zero-order valence-electron chi connectivity index (χ0n) is 13.5. The minimum absolute atomic E-state index is 0.0556. The fourth-order valence-corrected chi connectivity index (χ4v) is 2.50. The monoisotopic (exact) mass is 314 g/mol. The molecule has 7 nitrogen and oxygen atoms in total. The molecule has 120 valence electrons. The van der Waals surface area contributed by atoms with E-state index in [9.17, 15) is 14.9 Å². The molecule has 0 saturated carbocycles. The first-order valence-corrected chi connectivity index (χ1v) is 6.95. The zero-order chi connectivity index (χ0) is 17.1. The normalized spacial score (nSPS) is 10.2. The number of hydrogen-bond acceptors (Lipinski definition) is 5. The third kappa shape index (κ3) is 2.97. The second-order valence-corrected chi connectivity index (χ2v) is 5.22. The van der Waals surface area contributed by atoms with Crippen LogP contribution in [0.25, 0.3) is 0 Å². The van der Waals surface area contributed by atoms with Crippen LogP contribution >= 0.6 is 0 Å². The van der Waals surface area contributed by atoms with E-state index in [-0.39, 0.29) is 5.56 Å². The summed E-state index contributed by atoms with van der Waals surface area (Å²) in [6.07, 6.45) is 0. The summed E-state index contributed by atoms with van der Waals surface area (Å²) in [5.41, 5.74) is -0.187. The molecular formula is C16H18N4O3. The Morgan fingerprint density at radius 1 is 1.26 bits per heavy atom. The third-order valence-corrected chi connectivity index (χ3v) is 3.66. The lowest BCUT2D eigenvalue weighted by Crippen LogP contribution is -2.41. The maximum absolute atomic E-state index is 12.1. The molecule has 0 atom stereocenters. The average molecular weight is 314 g/mol. The number of methoxy groups -OCH3 is 1. The number of hydrogen-bond donors (Lipinski definition) is 0. The number of rotatable bonds is 4. The lowest BCUT2D eigenvalue weighted by molar-refractivity contribution is 0.414. The highest BCUT2D eigenvalue weighted by Crippen LogP contribution is 2.18. The average Bonchev–Trinajstić information content (AvgIpc) is 2.55. The van der Waals surface area contributed by atoms with E-state index in [1.54, 1.807) is 26.1 Å². The molecule has 0 fully saturated rings. The predicted molar refractivity (Wildman–Crippen MR) is 86.7 cm³/mol. The van der Waals surface area contributed by atoms with Gasteiger partial charge in [0.25, 0.3) is 5.56 Å². The number of benzene rings is 1. The van der Waals surface area contributed by atoms with Gasteiger partial charge in [0.1, 0.15) is 17.6 Å². The summed E-state index contributed by atoms with van der Waals surface area (Å²) < 4.78 is 7.42. The third-order valence-electron chi connectivity index (χ3n) is 3.66. The van der Waals surface area contributed by atoms with Gasteiger partial charge in [-0.25, -0.2) is 4.79 Å². The van der Waals surface area contributed by atoms with Gasteiger partial charge in [0.15, 0.2) is 5.56 Å². The van der Waals surface area contributed by atoms with Crippen molar-refractivity contribution in [2.24, 2.45) is 14.1 Å². The van der Waals surface area contributed by atoms with Crippen molar-refractivity contribution in [3.05, 3.63) is 56.2 Å². The Bertz CT molecular complexity index is 890. The molecule has 0 unspecified atom stereocenters. The maximum atomic E-state index is 12.1. The van der Waals surface area contributed by atoms with Gasteiger partial charge in [0.05, 0.1) is 7.11 Å². The van der Waals surface area contributed by atoms with Crippen LogP contribution in [0.2, 0.25) is 0 Å². The number of nitriles is 1. The lowest BCUT2D eigenvalue weighted by atomic mass is 10.2. The highest BCUT2D eigenvalue weighted by atomic mass is 16.5. The molecule has 0 aliphatic heterocycles. The van der Waals surface area contributed by atoms with Gasteiger partial charge in [-0.3, -0.25) is 13.9 Å². The van der Waals surface area contributed by atoms with Crippen LogP contribution in [0.5, 0.6) is 5.75 Å². The summed E-state index contributed by atoms with van der Waals surface area (Å²) >= 11 is 0. The second kappa shape index (κ2) is 6.40. The second-order valence-electron chi connectivity index (χ2n) is 5.22. The number of ether oxygens (including phenoxy) is 1. The lowest BCUT2D eigenvalue weighted by Gasteiger charge is -2.23. The van der Waals surface area contributed by atoms with Crippen LogP contribution in [0.15, 0.2) is 33.9 Å². The molecule has 0 radical (unpaired) electrons. The maximum Gasteiger partial charge on any atom is 0.332 e. The van der Waals surface area contributed by atoms with E-state index < -0.39 is 11.2 Å². The largest absolute Gasteiger partial charge is 0.497 e. The van der Waals surface area contributed by atoms with Gasteiger partial charge in [0.2, 0.25) is 0 Å². The molecule has 0 aliphatic carbocycles. The van der Waals surface area contributed by atoms with Crippen molar-refractivity contribution in [2.45, 2.75) is 6.54 Å². The van der Waals surface area contributed by atoms with Crippen molar-refractivity contribution in [1.29, 1.82) is 5.26 Å². The fraction of sp³-hybridized carbons (Fsp3) is 0.312. The van der Waals surface area contributed by atoms with E-state index in [1.807, 2.05) is 30.3 Å². The molecule has 2 aromatic rings. The summed E-state index contributed by atoms with van der Waals surface area (Å²) in [7, 11) is 6.22. The van der Waals surface area contributed by atoms with Crippen LogP contribution < -0.4 is 20.9 Å². The Labute approximate surface area is 133 Å². The van der Waals surface area contributed by atoms with Crippen molar-refractivity contribution in [2.75, 3.05) is 19.1 Å². The molecule has 0 saturated heterocycles.